The van der Waals surface area contributed by atoms with Crippen molar-refractivity contribution in [2.24, 2.45) is 0 Å². The van der Waals surface area contributed by atoms with Crippen LogP contribution in [0, 0.1) is 0 Å². The maximum absolute atomic E-state index is 11.9. The van der Waals surface area contributed by atoms with Crippen LogP contribution in [0.3, 0.4) is 0 Å². The SMILES string of the molecule is COCCN(CCOC)c1ccc([C@H](CO)NC(=O)OC(C)(C)C)cc1. The lowest BCUT2D eigenvalue weighted by molar-refractivity contribution is 0.0482. The normalized spacial score (nSPS) is 12.5. The van der Waals surface area contributed by atoms with Gasteiger partial charge >= 0.3 is 6.09 Å². The summed E-state index contributed by atoms with van der Waals surface area (Å²) >= 11 is 0. The molecule has 0 saturated heterocycles. The number of alkyl carbamates (subject to hydrolysis) is 1. The van der Waals surface area contributed by atoms with Crippen LogP contribution in [-0.2, 0) is 14.2 Å². The van der Waals surface area contributed by atoms with Crippen molar-refractivity contribution in [1.82, 2.24) is 5.32 Å². The van der Waals surface area contributed by atoms with Crippen molar-refractivity contribution in [3.63, 3.8) is 0 Å². The van der Waals surface area contributed by atoms with E-state index in [2.05, 4.69) is 10.2 Å². The van der Waals surface area contributed by atoms with E-state index < -0.39 is 17.7 Å². The number of benzene rings is 1. The van der Waals surface area contributed by atoms with E-state index >= 15 is 0 Å². The third-order valence-electron chi connectivity index (χ3n) is 3.66. The van der Waals surface area contributed by atoms with E-state index in [0.29, 0.717) is 13.2 Å². The molecule has 2 N–H and O–H groups in total. The number of ether oxygens (including phenoxy) is 3. The maximum atomic E-state index is 11.9. The zero-order valence-electron chi connectivity index (χ0n) is 16.4. The molecule has 0 radical (unpaired) electrons. The summed E-state index contributed by atoms with van der Waals surface area (Å²) in [5, 5.41) is 12.3. The topological polar surface area (TPSA) is 80.3 Å². The largest absolute Gasteiger partial charge is 0.444 e. The van der Waals surface area contributed by atoms with Crippen molar-refractivity contribution in [3.8, 4) is 0 Å². The molecule has 0 unspecified atom stereocenters. The monoisotopic (exact) mass is 368 g/mol. The van der Waals surface area contributed by atoms with Gasteiger partial charge in [0.1, 0.15) is 5.60 Å². The predicted octanol–water partition coefficient (Wildman–Crippen LogP) is 2.34. The Morgan fingerprint density at radius 3 is 2.08 bits per heavy atom. The standard InChI is InChI=1S/C19H32N2O5/c1-19(2,3)26-18(23)20-17(14-22)15-6-8-16(9-7-15)21(10-12-24-4)11-13-25-5/h6-9,17,22H,10-14H2,1-5H3,(H,20,23)/t17-/m0/s1. The summed E-state index contributed by atoms with van der Waals surface area (Å²) in [7, 11) is 3.34. The van der Waals surface area contributed by atoms with Gasteiger partial charge in [-0.3, -0.25) is 0 Å². The number of carbonyl (C=O) groups excluding carboxylic acids is 1. The molecule has 0 bridgehead atoms. The van der Waals surface area contributed by atoms with Crippen molar-refractivity contribution in [2.45, 2.75) is 32.4 Å². The van der Waals surface area contributed by atoms with Crippen molar-refractivity contribution >= 4 is 11.8 Å². The first kappa shape index (κ1) is 22.2. The van der Waals surface area contributed by atoms with Gasteiger partial charge in [-0.05, 0) is 38.5 Å². The molecular formula is C19H32N2O5. The third-order valence-corrected chi connectivity index (χ3v) is 3.66. The minimum absolute atomic E-state index is 0.213. The second-order valence-corrected chi connectivity index (χ2v) is 6.95. The Kier molecular flexibility index (Phi) is 9.40. The average Bonchev–Trinajstić information content (AvgIpc) is 2.58. The molecule has 0 aliphatic carbocycles. The molecule has 148 valence electrons. The van der Waals surface area contributed by atoms with Crippen molar-refractivity contribution in [1.29, 1.82) is 0 Å². The van der Waals surface area contributed by atoms with Crippen LogP contribution < -0.4 is 10.2 Å². The van der Waals surface area contributed by atoms with E-state index in [-0.39, 0.29) is 6.61 Å². The number of aliphatic hydroxyl groups excluding tert-OH is 1. The van der Waals surface area contributed by atoms with Gasteiger partial charge in [-0.15, -0.1) is 0 Å². The van der Waals surface area contributed by atoms with Gasteiger partial charge in [0.2, 0.25) is 0 Å². The van der Waals surface area contributed by atoms with Gasteiger partial charge in [0.15, 0.2) is 0 Å². The summed E-state index contributed by atoms with van der Waals surface area (Å²) in [5.74, 6) is 0. The Morgan fingerprint density at radius 1 is 1.12 bits per heavy atom. The number of rotatable bonds is 10. The minimum Gasteiger partial charge on any atom is -0.444 e. The second kappa shape index (κ2) is 11.0. The lowest BCUT2D eigenvalue weighted by Crippen LogP contribution is -2.36. The summed E-state index contributed by atoms with van der Waals surface area (Å²) in [6.07, 6.45) is -0.553. The number of nitrogens with one attached hydrogen (secondary N) is 1. The molecule has 1 aromatic carbocycles. The molecule has 7 nitrogen and oxygen atoms in total. The predicted molar refractivity (Wildman–Crippen MR) is 102 cm³/mol. The number of methoxy groups -OCH3 is 2. The number of hydrogen-bond acceptors (Lipinski definition) is 6. The molecule has 1 amide bonds. The van der Waals surface area contributed by atoms with Crippen LogP contribution >= 0.6 is 0 Å². The third kappa shape index (κ3) is 8.03. The molecule has 0 aromatic heterocycles. The number of aliphatic hydroxyl groups is 1. The zero-order chi connectivity index (χ0) is 19.6. The molecule has 1 atom stereocenters. The fourth-order valence-corrected chi connectivity index (χ4v) is 2.37. The number of hydrogen-bond donors (Lipinski definition) is 2. The summed E-state index contributed by atoms with van der Waals surface area (Å²) in [6.45, 7) is 7.90. The molecule has 7 heteroatoms. The highest BCUT2D eigenvalue weighted by Crippen LogP contribution is 2.20. The van der Waals surface area contributed by atoms with Gasteiger partial charge in [0.05, 0.1) is 25.9 Å². The fourth-order valence-electron chi connectivity index (χ4n) is 2.37. The van der Waals surface area contributed by atoms with E-state index in [1.165, 1.54) is 0 Å². The lowest BCUT2D eigenvalue weighted by atomic mass is 10.1. The van der Waals surface area contributed by atoms with Crippen molar-refractivity contribution in [2.75, 3.05) is 52.0 Å². The first-order valence-corrected chi connectivity index (χ1v) is 8.74. The highest BCUT2D eigenvalue weighted by atomic mass is 16.6. The number of nitrogens with zero attached hydrogens (tertiary/aromatic N) is 1. The number of carbonyl (C=O) groups is 1. The highest BCUT2D eigenvalue weighted by molar-refractivity contribution is 5.68. The van der Waals surface area contributed by atoms with E-state index in [1.54, 1.807) is 35.0 Å². The van der Waals surface area contributed by atoms with Crippen LogP contribution in [0.15, 0.2) is 24.3 Å². The first-order valence-electron chi connectivity index (χ1n) is 8.74. The molecule has 0 aliphatic heterocycles. The maximum Gasteiger partial charge on any atom is 0.408 e. The molecule has 1 aromatic rings. The van der Waals surface area contributed by atoms with Crippen molar-refractivity contribution < 1.29 is 24.1 Å². The minimum atomic E-state index is -0.586. The Bertz CT molecular complexity index is 520. The summed E-state index contributed by atoms with van der Waals surface area (Å²) in [5.41, 5.74) is 1.24. The Balaban J connectivity index is 2.79. The smallest absolute Gasteiger partial charge is 0.408 e. The summed E-state index contributed by atoms with van der Waals surface area (Å²) in [4.78, 5) is 14.1. The highest BCUT2D eigenvalue weighted by Gasteiger charge is 2.20. The number of anilines is 1. The van der Waals surface area contributed by atoms with Gasteiger partial charge in [-0.2, -0.15) is 0 Å². The van der Waals surface area contributed by atoms with Gasteiger partial charge < -0.3 is 29.5 Å². The zero-order valence-corrected chi connectivity index (χ0v) is 16.4. The van der Waals surface area contributed by atoms with E-state index in [4.69, 9.17) is 14.2 Å². The summed E-state index contributed by atoms with van der Waals surface area (Å²) < 4.78 is 15.6. The first-order chi connectivity index (χ1) is 12.3. The van der Waals surface area contributed by atoms with Crippen molar-refractivity contribution in [3.05, 3.63) is 29.8 Å². The Labute approximate surface area is 156 Å². The van der Waals surface area contributed by atoms with E-state index in [1.807, 2.05) is 24.3 Å². The Hall–Kier alpha value is -1.83. The van der Waals surface area contributed by atoms with Gasteiger partial charge in [-0.1, -0.05) is 12.1 Å². The quantitative estimate of drug-likeness (QED) is 0.660. The van der Waals surface area contributed by atoms with Gasteiger partial charge in [-0.25, -0.2) is 4.79 Å². The molecule has 26 heavy (non-hydrogen) atoms. The van der Waals surface area contributed by atoms with E-state index in [0.717, 1.165) is 24.3 Å². The number of amides is 1. The Morgan fingerprint density at radius 2 is 1.65 bits per heavy atom. The van der Waals surface area contributed by atoms with Gasteiger partial charge in [0, 0.05) is 33.0 Å². The molecule has 0 aliphatic rings. The molecule has 0 saturated carbocycles. The van der Waals surface area contributed by atoms with E-state index in [9.17, 15) is 9.90 Å². The van der Waals surface area contributed by atoms with Gasteiger partial charge in [0.25, 0.3) is 0 Å². The van der Waals surface area contributed by atoms with Crippen LogP contribution in [0.4, 0.5) is 10.5 Å². The van der Waals surface area contributed by atoms with Crippen LogP contribution in [0.25, 0.3) is 0 Å². The average molecular weight is 368 g/mol. The molecule has 1 rings (SSSR count). The van der Waals surface area contributed by atoms with Crippen LogP contribution in [-0.4, -0.2) is 63.9 Å². The molecule has 0 fully saturated rings. The molecular weight excluding hydrogens is 336 g/mol. The fraction of sp³-hybridized carbons (Fsp3) is 0.632. The van der Waals surface area contributed by atoms with Crippen LogP contribution in [0.5, 0.6) is 0 Å². The molecule has 0 heterocycles. The van der Waals surface area contributed by atoms with Crippen LogP contribution in [0.1, 0.15) is 32.4 Å². The second-order valence-electron chi connectivity index (χ2n) is 6.95. The van der Waals surface area contributed by atoms with Crippen LogP contribution in [0.2, 0.25) is 0 Å². The summed E-state index contributed by atoms with van der Waals surface area (Å²) in [6, 6.07) is 7.17. The lowest BCUT2D eigenvalue weighted by Gasteiger charge is -2.25. The molecule has 0 spiro atoms.